The molecule has 0 amide bonds. The van der Waals surface area contributed by atoms with Crippen molar-refractivity contribution in [3.63, 3.8) is 0 Å². The van der Waals surface area contributed by atoms with Crippen LogP contribution in [0, 0.1) is 6.92 Å². The molecule has 0 aliphatic carbocycles. The van der Waals surface area contributed by atoms with Crippen LogP contribution in [0.4, 0.5) is 0 Å². The molecule has 1 aromatic carbocycles. The molecule has 1 heterocycles. The molecule has 0 unspecified atom stereocenters. The van der Waals surface area contributed by atoms with Crippen LogP contribution in [0.5, 0.6) is 0 Å². The van der Waals surface area contributed by atoms with Gasteiger partial charge in [0.15, 0.2) is 8.68 Å². The maximum Gasteiger partial charge on any atom is 0.335 e. The lowest BCUT2D eigenvalue weighted by Gasteiger charge is -2.03. The van der Waals surface area contributed by atoms with Gasteiger partial charge in [0.25, 0.3) is 0 Å². The first-order chi connectivity index (χ1) is 8.60. The van der Waals surface area contributed by atoms with Crippen molar-refractivity contribution in [3.8, 4) is 0 Å². The molecule has 2 aromatic rings. The Balaban J connectivity index is 2.21. The van der Waals surface area contributed by atoms with Crippen LogP contribution in [-0.4, -0.2) is 27.5 Å². The Morgan fingerprint density at radius 2 is 2.06 bits per heavy atom. The largest absolute Gasteiger partial charge is 0.478 e. The number of aromatic carboxylic acids is 1. The van der Waals surface area contributed by atoms with Crippen LogP contribution in [0.3, 0.4) is 0 Å². The van der Waals surface area contributed by atoms with Gasteiger partial charge < -0.3 is 5.11 Å². The molecule has 0 atom stereocenters. The number of aromatic nitrogens is 2. The fraction of sp³-hybridized carbons (Fsp3) is 0.182. The molecule has 2 rings (SSSR count). The van der Waals surface area contributed by atoms with Gasteiger partial charge in [-0.05, 0) is 36.9 Å². The molecule has 0 spiro atoms. The summed E-state index contributed by atoms with van der Waals surface area (Å²) in [6, 6.07) is 5.08. The van der Waals surface area contributed by atoms with E-state index in [1.807, 2.05) is 19.2 Å². The first kappa shape index (κ1) is 13.4. The molecular weight excluding hydrogens is 288 g/mol. The summed E-state index contributed by atoms with van der Waals surface area (Å²) >= 11 is 4.61. The zero-order valence-corrected chi connectivity index (χ0v) is 12.2. The van der Waals surface area contributed by atoms with Crippen molar-refractivity contribution >= 4 is 40.8 Å². The summed E-state index contributed by atoms with van der Waals surface area (Å²) in [5, 5.41) is 17.0. The maximum absolute atomic E-state index is 10.8. The van der Waals surface area contributed by atoms with Crippen molar-refractivity contribution in [2.75, 3.05) is 6.26 Å². The number of carbonyl (C=O) groups is 1. The minimum absolute atomic E-state index is 0.305. The number of thioether (sulfide) groups is 1. The smallest absolute Gasteiger partial charge is 0.335 e. The molecule has 4 nitrogen and oxygen atoms in total. The Hall–Kier alpha value is -1.05. The monoisotopic (exact) mass is 298 g/mol. The first-order valence-corrected chi connectivity index (χ1v) is 7.85. The molecule has 0 aliphatic heterocycles. The highest BCUT2D eigenvalue weighted by atomic mass is 32.2. The van der Waals surface area contributed by atoms with Gasteiger partial charge in [-0.1, -0.05) is 34.9 Å². The number of carboxylic acid groups (broad SMARTS) is 1. The zero-order valence-electron chi connectivity index (χ0n) is 9.71. The summed E-state index contributed by atoms with van der Waals surface area (Å²) in [7, 11) is 0. The highest BCUT2D eigenvalue weighted by Gasteiger charge is 2.09. The Kier molecular flexibility index (Phi) is 4.26. The van der Waals surface area contributed by atoms with Gasteiger partial charge in [0.2, 0.25) is 0 Å². The molecule has 0 radical (unpaired) electrons. The lowest BCUT2D eigenvalue weighted by atomic mass is 10.1. The summed E-state index contributed by atoms with van der Waals surface area (Å²) < 4.78 is 1.79. The number of hydrogen-bond acceptors (Lipinski definition) is 6. The summed E-state index contributed by atoms with van der Waals surface area (Å²) in [6.45, 7) is 1.89. The summed E-state index contributed by atoms with van der Waals surface area (Å²) in [6.07, 6.45) is 1.96. The van der Waals surface area contributed by atoms with E-state index in [4.69, 9.17) is 5.11 Å². The van der Waals surface area contributed by atoms with Crippen molar-refractivity contribution < 1.29 is 9.90 Å². The van der Waals surface area contributed by atoms with E-state index in [9.17, 15) is 4.79 Å². The predicted octanol–water partition coefficient (Wildman–Crippen LogP) is 3.42. The van der Waals surface area contributed by atoms with Gasteiger partial charge in [0, 0.05) is 4.90 Å². The minimum atomic E-state index is -0.907. The molecule has 0 fully saturated rings. The predicted molar refractivity (Wildman–Crippen MR) is 74.0 cm³/mol. The number of carboxylic acids is 1. The Morgan fingerprint density at radius 3 is 2.61 bits per heavy atom. The standard InChI is InChI=1S/C11H10N2O2S3/c1-6-5-7(9(14)15)3-4-8(6)17-11-13-12-10(16-2)18-11/h3-5H,1-2H3,(H,14,15). The number of aryl methyl sites for hydroxylation is 1. The van der Waals surface area contributed by atoms with E-state index in [1.54, 1.807) is 23.9 Å². The van der Waals surface area contributed by atoms with E-state index in [0.717, 1.165) is 19.1 Å². The second-order valence-corrected chi connectivity index (χ2v) is 6.75. The molecule has 0 saturated carbocycles. The number of nitrogens with zero attached hydrogens (tertiary/aromatic N) is 2. The van der Waals surface area contributed by atoms with E-state index < -0.39 is 5.97 Å². The molecule has 0 bridgehead atoms. The summed E-state index contributed by atoms with van der Waals surface area (Å²) in [5.41, 5.74) is 1.24. The van der Waals surface area contributed by atoms with Crippen LogP contribution in [-0.2, 0) is 0 Å². The van der Waals surface area contributed by atoms with Gasteiger partial charge in [0.1, 0.15) is 0 Å². The fourth-order valence-corrected chi connectivity index (χ4v) is 3.77. The van der Waals surface area contributed by atoms with E-state index in [1.165, 1.54) is 23.1 Å². The van der Waals surface area contributed by atoms with Crippen molar-refractivity contribution in [1.82, 2.24) is 10.2 Å². The average molecular weight is 298 g/mol. The molecule has 1 N–H and O–H groups in total. The van der Waals surface area contributed by atoms with Crippen LogP contribution < -0.4 is 0 Å². The normalized spacial score (nSPS) is 10.6. The number of rotatable bonds is 4. The number of benzene rings is 1. The highest BCUT2D eigenvalue weighted by Crippen LogP contribution is 2.34. The second-order valence-electron chi connectivity index (χ2n) is 3.43. The van der Waals surface area contributed by atoms with Gasteiger partial charge in [-0.3, -0.25) is 0 Å². The zero-order chi connectivity index (χ0) is 13.1. The quantitative estimate of drug-likeness (QED) is 0.873. The SMILES string of the molecule is CSc1nnc(Sc2ccc(C(=O)O)cc2C)s1. The Morgan fingerprint density at radius 1 is 1.33 bits per heavy atom. The van der Waals surface area contributed by atoms with Crippen molar-refractivity contribution in [1.29, 1.82) is 0 Å². The third-order valence-corrected chi connectivity index (χ3v) is 5.31. The van der Waals surface area contributed by atoms with E-state index in [0.29, 0.717) is 5.56 Å². The van der Waals surface area contributed by atoms with Crippen LogP contribution in [0.15, 0.2) is 31.8 Å². The molecular formula is C11H10N2O2S3. The van der Waals surface area contributed by atoms with Gasteiger partial charge in [-0.2, -0.15) is 0 Å². The van der Waals surface area contributed by atoms with Crippen LogP contribution in [0.25, 0.3) is 0 Å². The van der Waals surface area contributed by atoms with Crippen molar-refractivity contribution in [3.05, 3.63) is 29.3 Å². The maximum atomic E-state index is 10.8. The molecule has 18 heavy (non-hydrogen) atoms. The molecule has 0 aliphatic rings. The fourth-order valence-electron chi connectivity index (χ4n) is 1.31. The van der Waals surface area contributed by atoms with Gasteiger partial charge in [0.05, 0.1) is 5.56 Å². The van der Waals surface area contributed by atoms with Crippen LogP contribution >= 0.6 is 34.9 Å². The lowest BCUT2D eigenvalue weighted by Crippen LogP contribution is -1.96. The molecule has 0 saturated heterocycles. The molecule has 1 aromatic heterocycles. The van der Waals surface area contributed by atoms with Crippen LogP contribution in [0.1, 0.15) is 15.9 Å². The van der Waals surface area contributed by atoms with Crippen molar-refractivity contribution in [2.45, 2.75) is 20.5 Å². The Labute approximate surface area is 117 Å². The van der Waals surface area contributed by atoms with Gasteiger partial charge in [-0.15, -0.1) is 10.2 Å². The van der Waals surface area contributed by atoms with Crippen molar-refractivity contribution in [2.24, 2.45) is 0 Å². The third-order valence-electron chi connectivity index (χ3n) is 2.18. The number of hydrogen-bond donors (Lipinski definition) is 1. The van der Waals surface area contributed by atoms with E-state index >= 15 is 0 Å². The first-order valence-electron chi connectivity index (χ1n) is 4.99. The second kappa shape index (κ2) is 5.73. The molecule has 7 heteroatoms. The Bertz CT molecular complexity index is 583. The topological polar surface area (TPSA) is 63.1 Å². The summed E-state index contributed by atoms with van der Waals surface area (Å²) in [4.78, 5) is 11.8. The average Bonchev–Trinajstić information content (AvgIpc) is 2.79. The van der Waals surface area contributed by atoms with Gasteiger partial charge >= 0.3 is 5.97 Å². The van der Waals surface area contributed by atoms with E-state index in [2.05, 4.69) is 10.2 Å². The summed E-state index contributed by atoms with van der Waals surface area (Å²) in [5.74, 6) is -0.907. The van der Waals surface area contributed by atoms with Crippen LogP contribution in [0.2, 0.25) is 0 Å². The highest BCUT2D eigenvalue weighted by molar-refractivity contribution is 8.03. The van der Waals surface area contributed by atoms with E-state index in [-0.39, 0.29) is 0 Å². The van der Waals surface area contributed by atoms with Gasteiger partial charge in [-0.25, -0.2) is 4.79 Å². The minimum Gasteiger partial charge on any atom is -0.478 e. The lowest BCUT2D eigenvalue weighted by molar-refractivity contribution is 0.0696. The third kappa shape index (κ3) is 3.04. The molecule has 94 valence electrons.